The third-order valence-electron chi connectivity index (χ3n) is 6.23. The number of methoxy groups -OCH3 is 1. The Kier molecular flexibility index (Phi) is 4.79. The number of aromatic nitrogens is 1. The zero-order valence-corrected chi connectivity index (χ0v) is 16.6. The van der Waals surface area contributed by atoms with Crippen LogP contribution >= 0.6 is 0 Å². The van der Waals surface area contributed by atoms with Crippen LogP contribution in [0, 0.1) is 5.92 Å². The third kappa shape index (κ3) is 3.03. The molecule has 2 N–H and O–H groups in total. The average molecular weight is 385 g/mol. The van der Waals surface area contributed by atoms with E-state index in [9.17, 15) is 14.7 Å². The van der Waals surface area contributed by atoms with Crippen LogP contribution in [0.4, 0.5) is 5.69 Å². The van der Waals surface area contributed by atoms with Gasteiger partial charge in [-0.05, 0) is 51.3 Å². The molecule has 2 fully saturated rings. The van der Waals surface area contributed by atoms with Gasteiger partial charge in [-0.15, -0.1) is 0 Å². The Balaban J connectivity index is 1.87. The van der Waals surface area contributed by atoms with Gasteiger partial charge in [-0.3, -0.25) is 4.79 Å². The van der Waals surface area contributed by atoms with Crippen molar-refractivity contribution in [1.82, 2.24) is 9.88 Å². The van der Waals surface area contributed by atoms with Crippen molar-refractivity contribution in [2.24, 2.45) is 5.92 Å². The monoisotopic (exact) mass is 385 g/mol. The number of pyridine rings is 1. The van der Waals surface area contributed by atoms with Crippen molar-refractivity contribution in [1.29, 1.82) is 0 Å². The molecule has 0 spiro atoms. The molecule has 2 aromatic rings. The topological polar surface area (TPSA) is 83.8 Å². The first-order chi connectivity index (χ1) is 13.5. The van der Waals surface area contributed by atoms with Crippen molar-refractivity contribution in [3.8, 4) is 5.75 Å². The van der Waals surface area contributed by atoms with Crippen LogP contribution in [0.3, 0.4) is 0 Å². The number of ether oxygens (including phenoxy) is 1. The Labute approximate surface area is 163 Å². The van der Waals surface area contributed by atoms with E-state index in [1.807, 2.05) is 17.7 Å². The Bertz CT molecular complexity index is 980. The molecule has 1 saturated carbocycles. The number of fused-ring (bicyclic) bond motifs is 1. The second kappa shape index (κ2) is 7.13. The highest BCUT2D eigenvalue weighted by atomic mass is 16.5. The van der Waals surface area contributed by atoms with Gasteiger partial charge in [-0.2, -0.15) is 0 Å². The van der Waals surface area contributed by atoms with Crippen molar-refractivity contribution in [2.75, 3.05) is 32.1 Å². The number of aromatic carboxylic acids is 1. The maximum absolute atomic E-state index is 12.8. The standard InChI is InChI=1S/C21H27N3O4/c1-12(22-2)13-8-9-23(10-13)17-7-6-15-18(20(17)28-3)24(14-4-5-14)11-16(19(15)25)21(26)27/h6-7,11-14,22H,4-5,8-10H2,1-3H3,(H,26,27). The number of anilines is 1. The van der Waals surface area contributed by atoms with E-state index in [1.165, 1.54) is 6.20 Å². The first-order valence-electron chi connectivity index (χ1n) is 9.87. The number of hydrogen-bond donors (Lipinski definition) is 2. The van der Waals surface area contributed by atoms with Gasteiger partial charge in [-0.1, -0.05) is 0 Å². The van der Waals surface area contributed by atoms with Gasteiger partial charge in [0, 0.05) is 31.4 Å². The van der Waals surface area contributed by atoms with Gasteiger partial charge in [0.1, 0.15) is 5.56 Å². The lowest BCUT2D eigenvalue weighted by Crippen LogP contribution is -2.32. The predicted octanol–water partition coefficient (Wildman–Crippen LogP) is 2.48. The van der Waals surface area contributed by atoms with Crippen LogP contribution in [0.15, 0.2) is 23.1 Å². The molecular formula is C21H27N3O4. The molecule has 1 aliphatic carbocycles. The Morgan fingerprint density at radius 3 is 2.68 bits per heavy atom. The van der Waals surface area contributed by atoms with Crippen molar-refractivity contribution in [3.05, 3.63) is 34.1 Å². The summed E-state index contributed by atoms with van der Waals surface area (Å²) in [6.45, 7) is 4.05. The van der Waals surface area contributed by atoms with Gasteiger partial charge in [0.2, 0.25) is 5.43 Å². The fourth-order valence-corrected chi connectivity index (χ4v) is 4.30. The summed E-state index contributed by atoms with van der Waals surface area (Å²) in [4.78, 5) is 26.6. The molecular weight excluding hydrogens is 358 g/mol. The van der Waals surface area contributed by atoms with E-state index in [0.717, 1.165) is 38.0 Å². The molecule has 0 amide bonds. The summed E-state index contributed by atoms with van der Waals surface area (Å²) in [6.07, 6.45) is 4.55. The van der Waals surface area contributed by atoms with Crippen molar-refractivity contribution >= 4 is 22.6 Å². The molecule has 28 heavy (non-hydrogen) atoms. The minimum Gasteiger partial charge on any atom is -0.492 e. The van der Waals surface area contributed by atoms with Gasteiger partial charge in [-0.25, -0.2) is 4.79 Å². The Hall–Kier alpha value is -2.54. The molecule has 7 nitrogen and oxygen atoms in total. The highest BCUT2D eigenvalue weighted by Gasteiger charge is 2.32. The number of nitrogens with zero attached hydrogens (tertiary/aromatic N) is 2. The molecule has 150 valence electrons. The van der Waals surface area contributed by atoms with Gasteiger partial charge >= 0.3 is 5.97 Å². The maximum Gasteiger partial charge on any atom is 0.341 e. The van der Waals surface area contributed by atoms with Crippen LogP contribution in [0.2, 0.25) is 0 Å². The minimum absolute atomic E-state index is 0.182. The van der Waals surface area contributed by atoms with Crippen LogP contribution < -0.4 is 20.4 Å². The molecule has 2 unspecified atom stereocenters. The lowest BCUT2D eigenvalue weighted by Gasteiger charge is -2.25. The average Bonchev–Trinajstić information content (AvgIpc) is 3.42. The van der Waals surface area contributed by atoms with E-state index in [1.54, 1.807) is 13.2 Å². The summed E-state index contributed by atoms with van der Waals surface area (Å²) in [5.41, 5.74) is 1.05. The molecule has 4 rings (SSSR count). The van der Waals surface area contributed by atoms with Crippen LogP contribution in [-0.4, -0.2) is 48.9 Å². The van der Waals surface area contributed by atoms with Crippen LogP contribution in [0.1, 0.15) is 42.6 Å². The molecule has 1 saturated heterocycles. The van der Waals surface area contributed by atoms with E-state index in [0.29, 0.717) is 28.6 Å². The quantitative estimate of drug-likeness (QED) is 0.795. The number of rotatable bonds is 6. The van der Waals surface area contributed by atoms with Gasteiger partial charge in [0.05, 0.1) is 23.7 Å². The number of carboxylic acids is 1. The molecule has 2 aliphatic rings. The first-order valence-corrected chi connectivity index (χ1v) is 9.87. The zero-order chi connectivity index (χ0) is 20.0. The summed E-state index contributed by atoms with van der Waals surface area (Å²) in [6, 6.07) is 4.31. The van der Waals surface area contributed by atoms with E-state index >= 15 is 0 Å². The molecule has 7 heteroatoms. The number of benzene rings is 1. The van der Waals surface area contributed by atoms with Gasteiger partial charge in [0.25, 0.3) is 0 Å². The number of carbonyl (C=O) groups is 1. The number of carboxylic acid groups (broad SMARTS) is 1. The lowest BCUT2D eigenvalue weighted by atomic mass is 10.0. The summed E-state index contributed by atoms with van der Waals surface area (Å²) >= 11 is 0. The first kappa shape index (κ1) is 18.8. The Morgan fingerprint density at radius 2 is 2.07 bits per heavy atom. The zero-order valence-electron chi connectivity index (χ0n) is 16.6. The summed E-state index contributed by atoms with van der Waals surface area (Å²) in [5, 5.41) is 13.2. The summed E-state index contributed by atoms with van der Waals surface area (Å²) < 4.78 is 7.74. The van der Waals surface area contributed by atoms with Crippen molar-refractivity contribution in [3.63, 3.8) is 0 Å². The highest BCUT2D eigenvalue weighted by Crippen LogP contribution is 2.43. The lowest BCUT2D eigenvalue weighted by molar-refractivity contribution is 0.0695. The molecule has 0 radical (unpaired) electrons. The van der Waals surface area contributed by atoms with E-state index in [-0.39, 0.29) is 11.6 Å². The smallest absolute Gasteiger partial charge is 0.341 e. The van der Waals surface area contributed by atoms with E-state index in [2.05, 4.69) is 17.1 Å². The molecule has 2 heterocycles. The van der Waals surface area contributed by atoms with Crippen LogP contribution in [0.5, 0.6) is 5.75 Å². The molecule has 0 bridgehead atoms. The van der Waals surface area contributed by atoms with Crippen molar-refractivity contribution < 1.29 is 14.6 Å². The minimum atomic E-state index is -1.19. The van der Waals surface area contributed by atoms with E-state index < -0.39 is 11.4 Å². The highest BCUT2D eigenvalue weighted by molar-refractivity contribution is 5.97. The Morgan fingerprint density at radius 1 is 1.32 bits per heavy atom. The largest absolute Gasteiger partial charge is 0.492 e. The van der Waals surface area contributed by atoms with Crippen LogP contribution in [0.25, 0.3) is 10.9 Å². The molecule has 1 aromatic carbocycles. The maximum atomic E-state index is 12.8. The number of hydrogen-bond acceptors (Lipinski definition) is 5. The molecule has 1 aliphatic heterocycles. The van der Waals surface area contributed by atoms with E-state index in [4.69, 9.17) is 4.74 Å². The third-order valence-corrected chi connectivity index (χ3v) is 6.23. The van der Waals surface area contributed by atoms with Gasteiger partial charge in [0.15, 0.2) is 5.75 Å². The van der Waals surface area contributed by atoms with Crippen LogP contribution in [-0.2, 0) is 0 Å². The normalized spacial score (nSPS) is 20.5. The van der Waals surface area contributed by atoms with Gasteiger partial charge < -0.3 is 24.6 Å². The fraction of sp³-hybridized carbons (Fsp3) is 0.524. The predicted molar refractivity (Wildman–Crippen MR) is 109 cm³/mol. The second-order valence-corrected chi connectivity index (χ2v) is 7.90. The summed E-state index contributed by atoms with van der Waals surface area (Å²) in [7, 11) is 3.60. The number of nitrogens with one attached hydrogen (secondary N) is 1. The molecule has 2 atom stereocenters. The summed E-state index contributed by atoms with van der Waals surface area (Å²) in [5.74, 6) is 0.0226. The fourth-order valence-electron chi connectivity index (χ4n) is 4.30. The SMILES string of the molecule is CNC(C)C1CCN(c2ccc3c(=O)c(C(=O)O)cn(C4CC4)c3c2OC)C1. The molecule has 1 aromatic heterocycles. The second-order valence-electron chi connectivity index (χ2n) is 7.90. The van der Waals surface area contributed by atoms with Crippen molar-refractivity contribution in [2.45, 2.75) is 38.3 Å².